The molecule has 2 heterocycles. The van der Waals surface area contributed by atoms with Gasteiger partial charge in [0.1, 0.15) is 18.1 Å². The molecule has 0 aliphatic carbocycles. The molecule has 0 aromatic heterocycles. The van der Waals surface area contributed by atoms with Crippen LogP contribution in [0.1, 0.15) is 24.8 Å². The normalized spacial score (nSPS) is 20.2. The molecule has 0 unspecified atom stereocenters. The molecule has 1 saturated heterocycles. The van der Waals surface area contributed by atoms with Crippen LogP contribution in [0.2, 0.25) is 0 Å². The Balaban J connectivity index is 1.25. The summed E-state index contributed by atoms with van der Waals surface area (Å²) in [6, 6.07) is 18.0. The van der Waals surface area contributed by atoms with Gasteiger partial charge in [0.15, 0.2) is 0 Å². The number of hydrogen-bond acceptors (Lipinski definition) is 4. The maximum absolute atomic E-state index is 13.4. The van der Waals surface area contributed by atoms with E-state index in [0.29, 0.717) is 31.5 Å². The summed E-state index contributed by atoms with van der Waals surface area (Å²) < 4.78 is 11.2. The number of benzene rings is 2. The molecule has 1 amide bonds. The lowest BCUT2D eigenvalue weighted by molar-refractivity contribution is -0.137. The first-order valence-electron chi connectivity index (χ1n) is 11.7. The molecule has 1 atom stereocenters. The van der Waals surface area contributed by atoms with Crippen LogP contribution in [-0.4, -0.2) is 55.6 Å². The second kappa shape index (κ2) is 11.2. The number of likely N-dealkylation sites (tertiary alicyclic amines) is 1. The van der Waals surface area contributed by atoms with Crippen LogP contribution in [-0.2, 0) is 11.3 Å². The fourth-order valence-corrected chi connectivity index (χ4v) is 4.77. The van der Waals surface area contributed by atoms with Gasteiger partial charge in [-0.25, -0.2) is 0 Å². The Morgan fingerprint density at radius 1 is 0.969 bits per heavy atom. The Bertz CT molecular complexity index is 891. The van der Waals surface area contributed by atoms with Gasteiger partial charge in [0.2, 0.25) is 5.91 Å². The quantitative estimate of drug-likeness (QED) is 0.578. The van der Waals surface area contributed by atoms with E-state index in [-0.39, 0.29) is 5.92 Å². The summed E-state index contributed by atoms with van der Waals surface area (Å²) >= 11 is 0. The molecule has 4 rings (SSSR count). The smallest absolute Gasteiger partial charge is 0.226 e. The Morgan fingerprint density at radius 2 is 1.75 bits per heavy atom. The fourth-order valence-electron chi connectivity index (χ4n) is 4.77. The molecule has 2 aromatic carbocycles. The Hall–Kier alpha value is -2.79. The summed E-state index contributed by atoms with van der Waals surface area (Å²) in [5.74, 6) is 2.53. The number of allylic oxidation sites excluding steroid dienone is 1. The van der Waals surface area contributed by atoms with Crippen LogP contribution in [0.25, 0.3) is 0 Å². The summed E-state index contributed by atoms with van der Waals surface area (Å²) in [6.07, 6.45) is 7.38. The molecule has 32 heavy (non-hydrogen) atoms. The summed E-state index contributed by atoms with van der Waals surface area (Å²) in [7, 11) is 1.67. The average Bonchev–Trinajstić information content (AvgIpc) is 3.02. The highest BCUT2D eigenvalue weighted by atomic mass is 16.5. The maximum Gasteiger partial charge on any atom is 0.226 e. The van der Waals surface area contributed by atoms with Crippen molar-refractivity contribution in [2.45, 2.75) is 25.8 Å². The van der Waals surface area contributed by atoms with E-state index >= 15 is 0 Å². The highest BCUT2D eigenvalue weighted by molar-refractivity contribution is 5.80. The number of carbonyl (C=O) groups excluding carboxylic acids is 1. The molecule has 2 aromatic rings. The monoisotopic (exact) mass is 434 g/mol. The van der Waals surface area contributed by atoms with Gasteiger partial charge >= 0.3 is 0 Å². The predicted molar refractivity (Wildman–Crippen MR) is 127 cm³/mol. The molecule has 2 aliphatic heterocycles. The van der Waals surface area contributed by atoms with Gasteiger partial charge in [-0.05, 0) is 56.0 Å². The van der Waals surface area contributed by atoms with Crippen molar-refractivity contribution in [2.24, 2.45) is 11.8 Å². The highest BCUT2D eigenvalue weighted by Gasteiger charge is 2.34. The van der Waals surface area contributed by atoms with E-state index in [0.717, 1.165) is 50.4 Å². The van der Waals surface area contributed by atoms with E-state index in [1.807, 2.05) is 47.4 Å². The number of ether oxygens (including phenoxy) is 2. The van der Waals surface area contributed by atoms with E-state index in [1.54, 1.807) is 7.11 Å². The molecule has 0 bridgehead atoms. The zero-order valence-corrected chi connectivity index (χ0v) is 19.0. The third kappa shape index (κ3) is 5.92. The van der Waals surface area contributed by atoms with Gasteiger partial charge in [0.25, 0.3) is 0 Å². The first-order chi connectivity index (χ1) is 15.7. The highest BCUT2D eigenvalue weighted by Crippen LogP contribution is 2.31. The van der Waals surface area contributed by atoms with Gasteiger partial charge < -0.3 is 14.4 Å². The second-order valence-corrected chi connectivity index (χ2v) is 8.72. The standard InChI is InChI=1S/C27H34N2O3/c1-31-24-10-7-11-25(20-24)32-19-18-28-16-13-23(14-17-28)26-12-5-6-15-29(27(26)30)21-22-8-3-2-4-9-22/h2-11,20,23,26H,12-19,21H2,1H3/t26-/m1/s1. The zero-order valence-electron chi connectivity index (χ0n) is 19.0. The van der Waals surface area contributed by atoms with Crippen LogP contribution in [0.5, 0.6) is 11.5 Å². The first kappa shape index (κ1) is 22.4. The van der Waals surface area contributed by atoms with E-state index < -0.39 is 0 Å². The van der Waals surface area contributed by atoms with Gasteiger partial charge in [-0.2, -0.15) is 0 Å². The molecule has 0 saturated carbocycles. The molecule has 170 valence electrons. The molecule has 0 radical (unpaired) electrons. The summed E-state index contributed by atoms with van der Waals surface area (Å²) in [5.41, 5.74) is 1.20. The van der Waals surface area contributed by atoms with E-state index in [4.69, 9.17) is 9.47 Å². The van der Waals surface area contributed by atoms with Gasteiger partial charge in [-0.3, -0.25) is 9.69 Å². The fraction of sp³-hybridized carbons (Fsp3) is 0.444. The Kier molecular flexibility index (Phi) is 7.83. The third-order valence-corrected chi connectivity index (χ3v) is 6.65. The molecule has 1 fully saturated rings. The molecule has 0 spiro atoms. The molecule has 5 nitrogen and oxygen atoms in total. The summed E-state index contributed by atoms with van der Waals surface area (Å²) in [4.78, 5) is 17.8. The minimum atomic E-state index is 0.104. The number of rotatable bonds is 8. The van der Waals surface area contributed by atoms with Crippen molar-refractivity contribution in [3.63, 3.8) is 0 Å². The number of methoxy groups -OCH3 is 1. The van der Waals surface area contributed by atoms with Gasteiger partial charge in [0, 0.05) is 31.6 Å². The van der Waals surface area contributed by atoms with Crippen molar-refractivity contribution in [2.75, 3.05) is 39.9 Å². The van der Waals surface area contributed by atoms with Crippen molar-refractivity contribution in [1.82, 2.24) is 9.80 Å². The van der Waals surface area contributed by atoms with E-state index in [1.165, 1.54) is 5.56 Å². The number of carbonyl (C=O) groups is 1. The van der Waals surface area contributed by atoms with Crippen LogP contribution in [0.15, 0.2) is 66.7 Å². The van der Waals surface area contributed by atoms with Gasteiger partial charge in [-0.1, -0.05) is 48.6 Å². The third-order valence-electron chi connectivity index (χ3n) is 6.65. The predicted octanol–water partition coefficient (Wildman–Crippen LogP) is 4.39. The van der Waals surface area contributed by atoms with E-state index in [2.05, 4.69) is 29.2 Å². The van der Waals surface area contributed by atoms with Crippen molar-refractivity contribution in [3.05, 3.63) is 72.3 Å². The van der Waals surface area contributed by atoms with Crippen molar-refractivity contribution >= 4 is 5.91 Å². The van der Waals surface area contributed by atoms with Crippen LogP contribution in [0.3, 0.4) is 0 Å². The number of amides is 1. The molecule has 2 aliphatic rings. The van der Waals surface area contributed by atoms with Crippen LogP contribution >= 0.6 is 0 Å². The Labute approximate surface area is 191 Å². The SMILES string of the molecule is COc1cccc(OCCN2CCC([C@H]3CC=CCN(Cc4ccccc4)C3=O)CC2)c1. The lowest BCUT2D eigenvalue weighted by Gasteiger charge is -2.36. The molecular weight excluding hydrogens is 400 g/mol. The van der Waals surface area contributed by atoms with Crippen molar-refractivity contribution in [1.29, 1.82) is 0 Å². The number of hydrogen-bond donors (Lipinski definition) is 0. The summed E-state index contributed by atoms with van der Waals surface area (Å²) in [5, 5.41) is 0. The topological polar surface area (TPSA) is 42.0 Å². The second-order valence-electron chi connectivity index (χ2n) is 8.72. The number of piperidine rings is 1. The lowest BCUT2D eigenvalue weighted by Crippen LogP contribution is -2.43. The largest absolute Gasteiger partial charge is 0.497 e. The van der Waals surface area contributed by atoms with E-state index in [9.17, 15) is 4.79 Å². The zero-order chi connectivity index (χ0) is 22.2. The minimum Gasteiger partial charge on any atom is -0.497 e. The minimum absolute atomic E-state index is 0.104. The van der Waals surface area contributed by atoms with Crippen LogP contribution < -0.4 is 9.47 Å². The van der Waals surface area contributed by atoms with Crippen LogP contribution in [0, 0.1) is 11.8 Å². The first-order valence-corrected chi connectivity index (χ1v) is 11.7. The van der Waals surface area contributed by atoms with Crippen molar-refractivity contribution in [3.8, 4) is 11.5 Å². The maximum atomic E-state index is 13.4. The molecule has 5 heteroatoms. The molecular formula is C27H34N2O3. The summed E-state index contributed by atoms with van der Waals surface area (Å²) in [6.45, 7) is 5.03. The van der Waals surface area contributed by atoms with Crippen LogP contribution in [0.4, 0.5) is 0 Å². The molecule has 0 N–H and O–H groups in total. The average molecular weight is 435 g/mol. The van der Waals surface area contributed by atoms with Gasteiger partial charge in [-0.15, -0.1) is 0 Å². The number of nitrogens with zero attached hydrogens (tertiary/aromatic N) is 2. The van der Waals surface area contributed by atoms with Gasteiger partial charge in [0.05, 0.1) is 7.11 Å². The van der Waals surface area contributed by atoms with Crippen molar-refractivity contribution < 1.29 is 14.3 Å². The lowest BCUT2D eigenvalue weighted by atomic mass is 9.81. The Morgan fingerprint density at radius 3 is 2.53 bits per heavy atom.